The standard InChI is InChI=1S/C17H12OS2/c18-17(19)16-14-9-5-4-6-12(14)10-11-15(16)20-13-7-2-1-3-8-13/h1-11H,(H,18,19). The van der Waals surface area contributed by atoms with Crippen molar-refractivity contribution in [2.45, 2.75) is 9.79 Å². The van der Waals surface area contributed by atoms with Crippen LogP contribution in [0.25, 0.3) is 10.8 Å². The highest BCUT2D eigenvalue weighted by atomic mass is 32.2. The molecule has 0 spiro atoms. The Morgan fingerprint density at radius 2 is 1.55 bits per heavy atom. The van der Waals surface area contributed by atoms with Gasteiger partial charge in [-0.2, -0.15) is 0 Å². The summed E-state index contributed by atoms with van der Waals surface area (Å²) in [4.78, 5) is 2.10. The van der Waals surface area contributed by atoms with E-state index in [1.165, 1.54) is 0 Å². The number of aliphatic hydroxyl groups is 1. The molecule has 0 bridgehead atoms. The third-order valence-corrected chi connectivity index (χ3v) is 4.35. The van der Waals surface area contributed by atoms with Gasteiger partial charge in [0.2, 0.25) is 0 Å². The number of rotatable bonds is 3. The van der Waals surface area contributed by atoms with Crippen LogP contribution in [-0.4, -0.2) is 10.2 Å². The van der Waals surface area contributed by atoms with E-state index in [1.54, 1.807) is 11.8 Å². The van der Waals surface area contributed by atoms with Gasteiger partial charge < -0.3 is 5.11 Å². The lowest BCUT2D eigenvalue weighted by molar-refractivity contribution is 0.570. The van der Waals surface area contributed by atoms with Crippen molar-refractivity contribution in [2.75, 3.05) is 0 Å². The Morgan fingerprint density at radius 3 is 2.30 bits per heavy atom. The maximum absolute atomic E-state index is 9.90. The zero-order valence-corrected chi connectivity index (χ0v) is 12.2. The van der Waals surface area contributed by atoms with E-state index in [0.717, 1.165) is 26.1 Å². The fourth-order valence-electron chi connectivity index (χ4n) is 2.17. The minimum atomic E-state index is -0.0553. The fourth-order valence-corrected chi connectivity index (χ4v) is 3.45. The summed E-state index contributed by atoms with van der Waals surface area (Å²) < 4.78 is 0. The third-order valence-electron chi connectivity index (χ3n) is 3.08. The van der Waals surface area contributed by atoms with Crippen LogP contribution >= 0.6 is 24.0 Å². The van der Waals surface area contributed by atoms with Crippen molar-refractivity contribution in [3.63, 3.8) is 0 Å². The smallest absolute Gasteiger partial charge is 0.190 e. The molecule has 0 radical (unpaired) electrons. The van der Waals surface area contributed by atoms with Crippen LogP contribution in [0.3, 0.4) is 0 Å². The van der Waals surface area contributed by atoms with Gasteiger partial charge >= 0.3 is 0 Å². The molecule has 0 aliphatic carbocycles. The lowest BCUT2D eigenvalue weighted by Gasteiger charge is -2.10. The molecular formula is C17H12OS2. The van der Waals surface area contributed by atoms with Crippen molar-refractivity contribution in [3.05, 3.63) is 72.3 Å². The van der Waals surface area contributed by atoms with E-state index in [4.69, 9.17) is 12.2 Å². The molecule has 0 aromatic heterocycles. The second-order valence-corrected chi connectivity index (χ2v) is 5.88. The van der Waals surface area contributed by atoms with Crippen LogP contribution in [0.5, 0.6) is 0 Å². The highest BCUT2D eigenvalue weighted by Gasteiger charge is 2.12. The van der Waals surface area contributed by atoms with Crippen molar-refractivity contribution in [3.8, 4) is 0 Å². The first-order valence-electron chi connectivity index (χ1n) is 6.23. The number of fused-ring (bicyclic) bond motifs is 1. The lowest BCUT2D eigenvalue weighted by Crippen LogP contribution is -1.98. The van der Waals surface area contributed by atoms with E-state index < -0.39 is 0 Å². The van der Waals surface area contributed by atoms with Crippen molar-refractivity contribution >= 4 is 39.8 Å². The van der Waals surface area contributed by atoms with Crippen molar-refractivity contribution < 1.29 is 5.11 Å². The fraction of sp³-hybridized carbons (Fsp3) is 0. The van der Waals surface area contributed by atoms with Crippen LogP contribution in [0, 0.1) is 0 Å². The molecule has 0 aliphatic rings. The molecule has 20 heavy (non-hydrogen) atoms. The number of hydrogen-bond acceptors (Lipinski definition) is 2. The molecule has 0 saturated carbocycles. The first-order chi connectivity index (χ1) is 9.75. The van der Waals surface area contributed by atoms with Gasteiger partial charge in [-0.1, -0.05) is 60.3 Å². The van der Waals surface area contributed by atoms with Crippen LogP contribution in [0.1, 0.15) is 5.56 Å². The predicted molar refractivity (Wildman–Crippen MR) is 88.8 cm³/mol. The average Bonchev–Trinajstić information content (AvgIpc) is 2.47. The highest BCUT2D eigenvalue weighted by molar-refractivity contribution is 7.99. The molecule has 0 fully saturated rings. The van der Waals surface area contributed by atoms with Gasteiger partial charge in [-0.25, -0.2) is 0 Å². The number of thiocarbonyl (C=S) groups is 1. The summed E-state index contributed by atoms with van der Waals surface area (Å²) in [5, 5.41) is 11.9. The maximum Gasteiger partial charge on any atom is 0.190 e. The van der Waals surface area contributed by atoms with E-state index in [-0.39, 0.29) is 5.05 Å². The Balaban J connectivity index is 2.15. The zero-order valence-electron chi connectivity index (χ0n) is 10.6. The topological polar surface area (TPSA) is 20.2 Å². The normalized spacial score (nSPS) is 10.6. The van der Waals surface area contributed by atoms with Gasteiger partial charge in [0, 0.05) is 15.4 Å². The number of aliphatic hydroxyl groups excluding tert-OH is 1. The van der Waals surface area contributed by atoms with Gasteiger partial charge in [-0.15, -0.1) is 0 Å². The Kier molecular flexibility index (Phi) is 3.72. The van der Waals surface area contributed by atoms with Crippen molar-refractivity contribution in [1.82, 2.24) is 0 Å². The number of benzene rings is 3. The SMILES string of the molecule is OC(=S)c1c(Sc2ccccc2)ccc2ccccc12. The quantitative estimate of drug-likeness (QED) is 0.669. The molecule has 1 N–H and O–H groups in total. The monoisotopic (exact) mass is 296 g/mol. The summed E-state index contributed by atoms with van der Waals surface area (Å²) in [7, 11) is 0. The van der Waals surface area contributed by atoms with Gasteiger partial charge in [0.15, 0.2) is 5.05 Å². The third kappa shape index (κ3) is 2.55. The average molecular weight is 296 g/mol. The molecule has 3 heteroatoms. The highest BCUT2D eigenvalue weighted by Crippen LogP contribution is 2.34. The summed E-state index contributed by atoms with van der Waals surface area (Å²) in [6.45, 7) is 0. The van der Waals surface area contributed by atoms with Gasteiger partial charge in [0.1, 0.15) is 0 Å². The molecule has 0 unspecified atom stereocenters. The zero-order chi connectivity index (χ0) is 13.9. The molecule has 3 aromatic carbocycles. The summed E-state index contributed by atoms with van der Waals surface area (Å²) >= 11 is 6.65. The van der Waals surface area contributed by atoms with Crippen LogP contribution in [0.4, 0.5) is 0 Å². The largest absolute Gasteiger partial charge is 0.498 e. The molecule has 3 aromatic rings. The van der Waals surface area contributed by atoms with E-state index in [1.807, 2.05) is 60.7 Å². The van der Waals surface area contributed by atoms with E-state index in [9.17, 15) is 5.11 Å². The van der Waals surface area contributed by atoms with Gasteiger partial charge in [-0.3, -0.25) is 0 Å². The first kappa shape index (κ1) is 13.2. The Hall–Kier alpha value is -1.84. The van der Waals surface area contributed by atoms with Gasteiger partial charge in [0.05, 0.1) is 0 Å². The maximum atomic E-state index is 9.90. The minimum Gasteiger partial charge on any atom is -0.498 e. The van der Waals surface area contributed by atoms with E-state index in [0.29, 0.717) is 0 Å². The summed E-state index contributed by atoms with van der Waals surface area (Å²) in [5.41, 5.74) is 0.743. The van der Waals surface area contributed by atoms with Gasteiger partial charge in [-0.05, 0) is 41.2 Å². The summed E-state index contributed by atoms with van der Waals surface area (Å²) in [6, 6.07) is 22.1. The van der Waals surface area contributed by atoms with Gasteiger partial charge in [0.25, 0.3) is 0 Å². The Bertz CT molecular complexity index is 766. The Morgan fingerprint density at radius 1 is 0.850 bits per heavy atom. The number of hydrogen-bond donors (Lipinski definition) is 1. The molecule has 0 saturated heterocycles. The second-order valence-electron chi connectivity index (χ2n) is 4.38. The molecular weight excluding hydrogens is 284 g/mol. The van der Waals surface area contributed by atoms with Crippen molar-refractivity contribution in [2.24, 2.45) is 0 Å². The first-order valence-corrected chi connectivity index (χ1v) is 7.46. The molecule has 0 amide bonds. The molecule has 0 aliphatic heterocycles. The second kappa shape index (κ2) is 5.65. The van der Waals surface area contributed by atoms with Crippen molar-refractivity contribution in [1.29, 1.82) is 0 Å². The van der Waals surface area contributed by atoms with Crippen LogP contribution in [0.15, 0.2) is 76.5 Å². The van der Waals surface area contributed by atoms with Crippen LogP contribution < -0.4 is 0 Å². The molecule has 0 atom stereocenters. The summed E-state index contributed by atoms with van der Waals surface area (Å²) in [6.07, 6.45) is 0. The molecule has 1 nitrogen and oxygen atoms in total. The van der Waals surface area contributed by atoms with E-state index in [2.05, 4.69) is 6.07 Å². The summed E-state index contributed by atoms with van der Waals surface area (Å²) in [5.74, 6) is 0. The molecule has 98 valence electrons. The van der Waals surface area contributed by atoms with Crippen LogP contribution in [0.2, 0.25) is 0 Å². The van der Waals surface area contributed by atoms with E-state index >= 15 is 0 Å². The van der Waals surface area contributed by atoms with Crippen LogP contribution in [-0.2, 0) is 0 Å². The Labute approximate surface area is 127 Å². The lowest BCUT2D eigenvalue weighted by atomic mass is 10.1. The minimum absolute atomic E-state index is 0.0553. The molecule has 3 rings (SSSR count). The molecule has 0 heterocycles. The predicted octanol–water partition coefficient (Wildman–Crippen LogP) is 5.22.